The van der Waals surface area contributed by atoms with Crippen molar-refractivity contribution >= 4 is 26.5 Å². The molecule has 3 aromatic rings. The highest BCUT2D eigenvalue weighted by Gasteiger charge is 2.24. The minimum atomic E-state index is -3.60. The Labute approximate surface area is 171 Å². The summed E-state index contributed by atoms with van der Waals surface area (Å²) in [5.41, 5.74) is 0.694. The van der Waals surface area contributed by atoms with Crippen LogP contribution in [0.4, 0.5) is 0 Å². The van der Waals surface area contributed by atoms with Crippen LogP contribution < -0.4 is 0 Å². The molecule has 1 aliphatic heterocycles. The van der Waals surface area contributed by atoms with Crippen molar-refractivity contribution < 1.29 is 13.2 Å². The van der Waals surface area contributed by atoms with Crippen molar-refractivity contribution in [3.8, 4) is 0 Å². The molecule has 1 amide bonds. The van der Waals surface area contributed by atoms with Gasteiger partial charge in [-0.05, 0) is 42.3 Å². The van der Waals surface area contributed by atoms with Gasteiger partial charge in [0.05, 0.1) is 16.3 Å². The van der Waals surface area contributed by atoms with Crippen molar-refractivity contribution in [2.75, 3.05) is 13.1 Å². The van der Waals surface area contributed by atoms with Gasteiger partial charge < -0.3 is 4.90 Å². The van der Waals surface area contributed by atoms with E-state index in [2.05, 4.69) is 11.9 Å². The Kier molecular flexibility index (Phi) is 5.37. The van der Waals surface area contributed by atoms with Crippen LogP contribution in [0.2, 0.25) is 0 Å². The van der Waals surface area contributed by atoms with Crippen molar-refractivity contribution in [1.82, 2.24) is 9.88 Å². The fraction of sp³-hybridized carbons (Fsp3) is 0.304. The lowest BCUT2D eigenvalue weighted by molar-refractivity contribution is 0.0691. The zero-order valence-corrected chi connectivity index (χ0v) is 17.2. The molecular weight excluding hydrogens is 384 g/mol. The largest absolute Gasteiger partial charge is 0.337 e. The first kappa shape index (κ1) is 19.6. The average Bonchev–Trinajstić information content (AvgIpc) is 2.73. The number of carbonyl (C=O) groups excluding carboxylic acids is 1. The molecule has 5 nitrogen and oxygen atoms in total. The number of nitrogens with zero attached hydrogens (tertiary/aromatic N) is 2. The molecule has 4 rings (SSSR count). The third kappa shape index (κ3) is 4.17. The van der Waals surface area contributed by atoms with Gasteiger partial charge >= 0.3 is 0 Å². The molecule has 150 valence electrons. The summed E-state index contributed by atoms with van der Waals surface area (Å²) in [5.74, 6) is 0.268. The number of sulfone groups is 1. The van der Waals surface area contributed by atoms with Gasteiger partial charge in [0.1, 0.15) is 5.69 Å². The van der Waals surface area contributed by atoms with Crippen LogP contribution in [0.5, 0.6) is 0 Å². The molecule has 0 spiro atoms. The summed E-state index contributed by atoms with van der Waals surface area (Å²) in [6, 6.07) is 17.7. The van der Waals surface area contributed by atoms with Crippen LogP contribution >= 0.6 is 0 Å². The van der Waals surface area contributed by atoms with Crippen molar-refractivity contribution in [1.29, 1.82) is 0 Å². The van der Waals surface area contributed by atoms with Crippen molar-refractivity contribution in [3.05, 3.63) is 72.1 Å². The van der Waals surface area contributed by atoms with Crippen LogP contribution in [0.3, 0.4) is 0 Å². The van der Waals surface area contributed by atoms with Crippen LogP contribution in [0, 0.1) is 5.92 Å². The van der Waals surface area contributed by atoms with Crippen molar-refractivity contribution in [2.45, 2.75) is 30.4 Å². The monoisotopic (exact) mass is 408 g/mol. The van der Waals surface area contributed by atoms with E-state index >= 15 is 0 Å². The molecule has 0 saturated carbocycles. The molecule has 29 heavy (non-hydrogen) atoms. The molecule has 0 unspecified atom stereocenters. The third-order valence-electron chi connectivity index (χ3n) is 5.52. The topological polar surface area (TPSA) is 67.3 Å². The first-order chi connectivity index (χ1) is 13.9. The SMILES string of the molecule is CC1CCN(C(=O)c2cccc(CS(=O)(=O)c3cccc4ccccc34)n2)CC1. The van der Waals surface area contributed by atoms with E-state index in [4.69, 9.17) is 0 Å². The number of aromatic nitrogens is 1. The van der Waals surface area contributed by atoms with Crippen molar-refractivity contribution in [3.63, 3.8) is 0 Å². The number of carbonyl (C=O) groups is 1. The number of amides is 1. The van der Waals surface area contributed by atoms with Gasteiger partial charge in [0.15, 0.2) is 9.84 Å². The minimum Gasteiger partial charge on any atom is -0.337 e. The average molecular weight is 409 g/mol. The molecule has 0 bridgehead atoms. The fourth-order valence-corrected chi connectivity index (χ4v) is 5.30. The highest BCUT2D eigenvalue weighted by Crippen LogP contribution is 2.25. The first-order valence-electron chi connectivity index (χ1n) is 9.90. The van der Waals surface area contributed by atoms with E-state index in [9.17, 15) is 13.2 Å². The molecule has 2 aromatic carbocycles. The van der Waals surface area contributed by atoms with Gasteiger partial charge in [-0.25, -0.2) is 13.4 Å². The van der Waals surface area contributed by atoms with Gasteiger partial charge in [0.25, 0.3) is 5.91 Å². The quantitative estimate of drug-likeness (QED) is 0.652. The highest BCUT2D eigenvalue weighted by molar-refractivity contribution is 7.90. The predicted octanol–water partition coefficient (Wildman–Crippen LogP) is 4.08. The number of rotatable bonds is 4. The van der Waals surface area contributed by atoms with Gasteiger partial charge in [-0.15, -0.1) is 0 Å². The van der Waals surface area contributed by atoms with Crippen molar-refractivity contribution in [2.24, 2.45) is 5.92 Å². The molecule has 2 heterocycles. The lowest BCUT2D eigenvalue weighted by Crippen LogP contribution is -2.38. The van der Waals surface area contributed by atoms with Crippen LogP contribution in [-0.4, -0.2) is 37.3 Å². The number of piperidine rings is 1. The Balaban J connectivity index is 1.59. The maximum absolute atomic E-state index is 13.1. The summed E-state index contributed by atoms with van der Waals surface area (Å²) in [6.07, 6.45) is 1.97. The third-order valence-corrected chi connectivity index (χ3v) is 7.22. The van der Waals surface area contributed by atoms with E-state index in [0.29, 0.717) is 27.6 Å². The van der Waals surface area contributed by atoms with Gasteiger partial charge in [0, 0.05) is 18.5 Å². The number of benzene rings is 2. The molecule has 1 fully saturated rings. The molecule has 0 atom stereocenters. The predicted molar refractivity (Wildman–Crippen MR) is 113 cm³/mol. The maximum Gasteiger partial charge on any atom is 0.272 e. The van der Waals surface area contributed by atoms with Crippen LogP contribution in [0.15, 0.2) is 65.6 Å². The lowest BCUT2D eigenvalue weighted by atomic mass is 9.99. The molecule has 6 heteroatoms. The second-order valence-corrected chi connectivity index (χ2v) is 9.68. The summed E-state index contributed by atoms with van der Waals surface area (Å²) in [6.45, 7) is 3.64. The van der Waals surface area contributed by atoms with Gasteiger partial charge in [-0.2, -0.15) is 0 Å². The number of pyridine rings is 1. The number of likely N-dealkylation sites (tertiary alicyclic amines) is 1. The summed E-state index contributed by atoms with van der Waals surface area (Å²) < 4.78 is 26.2. The lowest BCUT2D eigenvalue weighted by Gasteiger charge is -2.30. The number of hydrogen-bond donors (Lipinski definition) is 0. The standard InChI is InChI=1S/C23H24N2O3S/c1-17-12-14-25(15-13-17)23(26)21-10-5-8-19(24-21)16-29(27,28)22-11-4-7-18-6-2-3-9-20(18)22/h2-11,17H,12-16H2,1H3. The molecule has 0 aliphatic carbocycles. The van der Waals surface area contributed by atoms with E-state index in [1.54, 1.807) is 30.3 Å². The Bertz CT molecular complexity index is 1140. The summed E-state index contributed by atoms with van der Waals surface area (Å²) in [5, 5.41) is 1.58. The first-order valence-corrected chi connectivity index (χ1v) is 11.5. The molecule has 1 saturated heterocycles. The van der Waals surface area contributed by atoms with E-state index < -0.39 is 9.84 Å². The second-order valence-electron chi connectivity index (χ2n) is 7.73. The van der Waals surface area contributed by atoms with Crippen LogP contribution in [0.25, 0.3) is 10.8 Å². The Morgan fingerprint density at radius 2 is 1.69 bits per heavy atom. The van der Waals surface area contributed by atoms with Crippen LogP contribution in [-0.2, 0) is 15.6 Å². The number of hydrogen-bond acceptors (Lipinski definition) is 4. The Morgan fingerprint density at radius 3 is 2.48 bits per heavy atom. The fourth-order valence-electron chi connectivity index (χ4n) is 3.79. The van der Waals surface area contributed by atoms with E-state index in [-0.39, 0.29) is 11.7 Å². The summed E-state index contributed by atoms with van der Waals surface area (Å²) in [7, 11) is -3.60. The Morgan fingerprint density at radius 1 is 1.00 bits per heavy atom. The van der Waals surface area contributed by atoms with Gasteiger partial charge in [-0.1, -0.05) is 49.4 Å². The Hall–Kier alpha value is -2.73. The smallest absolute Gasteiger partial charge is 0.272 e. The summed E-state index contributed by atoms with van der Waals surface area (Å²) in [4.78, 5) is 19.3. The zero-order valence-electron chi connectivity index (χ0n) is 16.4. The molecule has 0 N–H and O–H groups in total. The second kappa shape index (κ2) is 7.95. The molecule has 1 aliphatic rings. The number of fused-ring (bicyclic) bond motifs is 1. The molecule has 1 aromatic heterocycles. The van der Waals surface area contributed by atoms with E-state index in [0.717, 1.165) is 31.3 Å². The van der Waals surface area contributed by atoms with Gasteiger partial charge in [0.2, 0.25) is 0 Å². The molecular formula is C23H24N2O3S. The summed E-state index contributed by atoms with van der Waals surface area (Å²) >= 11 is 0. The van der Waals surface area contributed by atoms with E-state index in [1.165, 1.54) is 0 Å². The highest BCUT2D eigenvalue weighted by atomic mass is 32.2. The molecule has 0 radical (unpaired) electrons. The van der Waals surface area contributed by atoms with Gasteiger partial charge in [-0.3, -0.25) is 4.79 Å². The zero-order chi connectivity index (χ0) is 20.4. The van der Waals surface area contributed by atoms with E-state index in [1.807, 2.05) is 35.2 Å². The minimum absolute atomic E-state index is 0.124. The maximum atomic E-state index is 13.1. The normalized spacial score (nSPS) is 15.6. The van der Waals surface area contributed by atoms with Crippen LogP contribution in [0.1, 0.15) is 35.9 Å².